The number of nitrogens with zero attached hydrogens (tertiary/aromatic N) is 1. The number of hydrogen-bond donors (Lipinski definition) is 1. The van der Waals surface area contributed by atoms with Crippen LogP contribution in [0, 0.1) is 0 Å². The lowest BCUT2D eigenvalue weighted by molar-refractivity contribution is -0.135. The Balaban J connectivity index is 2.15. The van der Waals surface area contributed by atoms with Crippen LogP contribution >= 0.6 is 11.6 Å². The lowest BCUT2D eigenvalue weighted by Gasteiger charge is -2.32. The van der Waals surface area contributed by atoms with Crippen molar-refractivity contribution >= 4 is 17.5 Å². The van der Waals surface area contributed by atoms with Crippen LogP contribution in [0.4, 0.5) is 0 Å². The zero-order valence-electron chi connectivity index (χ0n) is 15.3. The summed E-state index contributed by atoms with van der Waals surface area (Å²) in [4.78, 5) is 15.0. The average Bonchev–Trinajstić information content (AvgIpc) is 2.62. The number of halogens is 1. The molecule has 1 atom stereocenters. The predicted octanol–water partition coefficient (Wildman–Crippen LogP) is 3.38. The third kappa shape index (κ3) is 5.96. The van der Waals surface area contributed by atoms with Crippen LogP contribution in [0.15, 0.2) is 24.3 Å². The van der Waals surface area contributed by atoms with E-state index >= 15 is 0 Å². The van der Waals surface area contributed by atoms with E-state index in [4.69, 9.17) is 21.1 Å². The lowest BCUT2D eigenvalue weighted by Crippen LogP contribution is -2.46. The van der Waals surface area contributed by atoms with E-state index in [0.29, 0.717) is 11.6 Å². The van der Waals surface area contributed by atoms with Crippen LogP contribution in [0.2, 0.25) is 5.02 Å². The molecule has 0 radical (unpaired) electrons. The first-order valence-corrected chi connectivity index (χ1v) is 9.24. The summed E-state index contributed by atoms with van der Waals surface area (Å²) in [5.41, 5.74) is 0.908. The van der Waals surface area contributed by atoms with Gasteiger partial charge < -0.3 is 14.8 Å². The molecule has 5 nitrogen and oxygen atoms in total. The number of carbonyl (C=O) groups excluding carboxylic acids is 1. The first kappa shape index (κ1) is 20.2. The van der Waals surface area contributed by atoms with Gasteiger partial charge in [-0.05, 0) is 37.6 Å². The van der Waals surface area contributed by atoms with Crippen molar-refractivity contribution in [3.05, 3.63) is 34.9 Å². The second-order valence-electron chi connectivity index (χ2n) is 6.64. The molecule has 25 heavy (non-hydrogen) atoms. The lowest BCUT2D eigenvalue weighted by atomic mass is 9.94. The summed E-state index contributed by atoms with van der Waals surface area (Å²) in [6, 6.07) is 7.29. The maximum absolute atomic E-state index is 13.0. The number of carbonyl (C=O) groups is 1. The molecule has 0 spiro atoms. The summed E-state index contributed by atoms with van der Waals surface area (Å²) in [6.45, 7) is 0.485. The summed E-state index contributed by atoms with van der Waals surface area (Å²) in [5.74, 6) is 0.0164. The molecule has 0 aliphatic heterocycles. The van der Waals surface area contributed by atoms with E-state index in [2.05, 4.69) is 5.32 Å². The van der Waals surface area contributed by atoms with Crippen LogP contribution in [-0.2, 0) is 14.3 Å². The molecule has 1 saturated carbocycles. The highest BCUT2D eigenvalue weighted by molar-refractivity contribution is 6.30. The molecule has 1 aliphatic carbocycles. The summed E-state index contributed by atoms with van der Waals surface area (Å²) in [5, 5.41) is 3.88. The summed E-state index contributed by atoms with van der Waals surface area (Å²) < 4.78 is 10.6. The average molecular weight is 369 g/mol. The zero-order valence-corrected chi connectivity index (χ0v) is 16.1. The third-order valence-electron chi connectivity index (χ3n) is 4.79. The Bertz CT molecular complexity index is 528. The Morgan fingerprint density at radius 3 is 2.36 bits per heavy atom. The van der Waals surface area contributed by atoms with Crippen molar-refractivity contribution in [1.29, 1.82) is 0 Å². The number of methoxy groups -OCH3 is 2. The van der Waals surface area contributed by atoms with E-state index in [9.17, 15) is 4.79 Å². The van der Waals surface area contributed by atoms with Gasteiger partial charge in [-0.25, -0.2) is 0 Å². The third-order valence-corrected chi connectivity index (χ3v) is 5.04. The van der Waals surface area contributed by atoms with Gasteiger partial charge in [-0.3, -0.25) is 9.69 Å². The summed E-state index contributed by atoms with van der Waals surface area (Å²) in [6.07, 6.45) is 5.35. The maximum atomic E-state index is 13.0. The molecule has 1 amide bonds. The van der Waals surface area contributed by atoms with Crippen molar-refractivity contribution < 1.29 is 14.3 Å². The number of amides is 1. The largest absolute Gasteiger partial charge is 0.355 e. The van der Waals surface area contributed by atoms with Gasteiger partial charge in [0.25, 0.3) is 0 Å². The van der Waals surface area contributed by atoms with E-state index in [1.165, 1.54) is 19.3 Å². The smallest absolute Gasteiger partial charge is 0.242 e. The molecule has 1 unspecified atom stereocenters. The van der Waals surface area contributed by atoms with Crippen molar-refractivity contribution in [3.63, 3.8) is 0 Å². The van der Waals surface area contributed by atoms with Gasteiger partial charge in [0.2, 0.25) is 5.91 Å². The minimum absolute atomic E-state index is 0.0164. The Labute approximate surface area is 155 Å². The Morgan fingerprint density at radius 1 is 1.20 bits per heavy atom. The van der Waals surface area contributed by atoms with E-state index in [-0.39, 0.29) is 18.2 Å². The molecule has 0 aromatic heterocycles. The number of likely N-dealkylation sites (N-methyl/N-ethyl adjacent to an activating group) is 1. The van der Waals surface area contributed by atoms with Crippen LogP contribution in [0.5, 0.6) is 0 Å². The molecule has 1 N–H and O–H groups in total. The van der Waals surface area contributed by atoms with Crippen molar-refractivity contribution in [3.8, 4) is 0 Å². The summed E-state index contributed by atoms with van der Waals surface area (Å²) >= 11 is 6.01. The van der Waals surface area contributed by atoms with Gasteiger partial charge in [-0.1, -0.05) is 43.0 Å². The fourth-order valence-corrected chi connectivity index (χ4v) is 3.49. The molecular weight excluding hydrogens is 340 g/mol. The fraction of sp³-hybridized carbons (Fsp3) is 0.632. The van der Waals surface area contributed by atoms with Crippen LogP contribution in [0.3, 0.4) is 0 Å². The summed E-state index contributed by atoms with van der Waals surface area (Å²) in [7, 11) is 5.10. The minimum atomic E-state index is -0.410. The molecule has 1 fully saturated rings. The molecule has 0 bridgehead atoms. The van der Waals surface area contributed by atoms with Crippen molar-refractivity contribution in [2.45, 2.75) is 50.5 Å². The Kier molecular flexibility index (Phi) is 8.16. The second-order valence-corrected chi connectivity index (χ2v) is 7.07. The Hall–Kier alpha value is -1.14. The van der Waals surface area contributed by atoms with Gasteiger partial charge in [0.15, 0.2) is 6.29 Å². The monoisotopic (exact) mass is 368 g/mol. The van der Waals surface area contributed by atoms with Crippen LogP contribution in [-0.4, -0.2) is 51.0 Å². The highest BCUT2D eigenvalue weighted by atomic mass is 35.5. The maximum Gasteiger partial charge on any atom is 0.242 e. The van der Waals surface area contributed by atoms with E-state index in [1.807, 2.05) is 36.2 Å². The van der Waals surface area contributed by atoms with Gasteiger partial charge in [0, 0.05) is 25.3 Å². The number of hydrogen-bond acceptors (Lipinski definition) is 4. The zero-order chi connectivity index (χ0) is 18.2. The molecule has 1 aromatic carbocycles. The van der Waals surface area contributed by atoms with Crippen molar-refractivity contribution in [1.82, 2.24) is 10.2 Å². The van der Waals surface area contributed by atoms with Gasteiger partial charge in [0.05, 0.1) is 6.54 Å². The topological polar surface area (TPSA) is 50.8 Å². The minimum Gasteiger partial charge on any atom is -0.355 e. The number of rotatable bonds is 8. The molecule has 6 heteroatoms. The number of ether oxygens (including phenoxy) is 2. The van der Waals surface area contributed by atoms with Gasteiger partial charge >= 0.3 is 0 Å². The standard InChI is InChI=1S/C19H29ClN2O3/c1-22(13-17(24-2)25-3)18(14-9-11-15(20)12-10-14)19(23)21-16-7-5-4-6-8-16/h9-12,16-18H,4-8,13H2,1-3H3,(H,21,23). The van der Waals surface area contributed by atoms with Gasteiger partial charge in [-0.2, -0.15) is 0 Å². The molecular formula is C19H29ClN2O3. The SMILES string of the molecule is COC(CN(C)C(C(=O)NC1CCCCC1)c1ccc(Cl)cc1)OC. The van der Waals surface area contributed by atoms with Gasteiger partial charge in [0.1, 0.15) is 6.04 Å². The van der Waals surface area contributed by atoms with Crippen LogP contribution < -0.4 is 5.32 Å². The molecule has 0 heterocycles. The van der Waals surface area contributed by atoms with Crippen molar-refractivity contribution in [2.75, 3.05) is 27.8 Å². The molecule has 0 saturated heterocycles. The molecule has 1 aliphatic rings. The Morgan fingerprint density at radius 2 is 1.80 bits per heavy atom. The van der Waals surface area contributed by atoms with Crippen LogP contribution in [0.25, 0.3) is 0 Å². The first-order valence-electron chi connectivity index (χ1n) is 8.86. The highest BCUT2D eigenvalue weighted by Gasteiger charge is 2.29. The first-order chi connectivity index (χ1) is 12.0. The van der Waals surface area contributed by atoms with E-state index in [0.717, 1.165) is 18.4 Å². The molecule has 2 rings (SSSR count). The predicted molar refractivity (Wildman–Crippen MR) is 99.6 cm³/mol. The van der Waals surface area contributed by atoms with Crippen LogP contribution in [0.1, 0.15) is 43.7 Å². The van der Waals surface area contributed by atoms with Gasteiger partial charge in [-0.15, -0.1) is 0 Å². The second kappa shape index (κ2) is 10.1. The quantitative estimate of drug-likeness (QED) is 0.715. The number of nitrogens with one attached hydrogen (secondary N) is 1. The fourth-order valence-electron chi connectivity index (χ4n) is 3.36. The molecule has 1 aromatic rings. The number of benzene rings is 1. The van der Waals surface area contributed by atoms with Crippen molar-refractivity contribution in [2.24, 2.45) is 0 Å². The van der Waals surface area contributed by atoms with E-state index in [1.54, 1.807) is 14.2 Å². The molecule has 140 valence electrons. The normalized spacial score (nSPS) is 17.0. The highest BCUT2D eigenvalue weighted by Crippen LogP contribution is 2.24. The van der Waals surface area contributed by atoms with E-state index < -0.39 is 6.04 Å².